The zero-order chi connectivity index (χ0) is 15.0. The van der Waals surface area contributed by atoms with Crippen molar-refractivity contribution in [1.29, 1.82) is 0 Å². The molecule has 0 N–H and O–H groups in total. The molecule has 7 nitrogen and oxygen atoms in total. The van der Waals surface area contributed by atoms with Crippen molar-refractivity contribution >= 4 is 5.97 Å². The fourth-order valence-electron chi connectivity index (χ4n) is 1.86. The summed E-state index contributed by atoms with van der Waals surface area (Å²) in [5.74, 6) is -0.301. The van der Waals surface area contributed by atoms with Gasteiger partial charge in [-0.05, 0) is 12.3 Å². The van der Waals surface area contributed by atoms with Crippen molar-refractivity contribution in [2.24, 2.45) is 0 Å². The molecule has 0 aromatic carbocycles. The fraction of sp³-hybridized carbons (Fsp3) is 0.769. The van der Waals surface area contributed by atoms with Crippen molar-refractivity contribution in [3.05, 3.63) is 11.4 Å². The van der Waals surface area contributed by atoms with E-state index in [2.05, 4.69) is 10.3 Å². The minimum Gasteiger partial charge on any atom is -0.464 e. The lowest BCUT2D eigenvalue weighted by molar-refractivity contribution is 0.0592. The van der Waals surface area contributed by atoms with E-state index in [0.29, 0.717) is 32.1 Å². The van der Waals surface area contributed by atoms with Crippen LogP contribution in [0.1, 0.15) is 42.4 Å². The Morgan fingerprint density at radius 1 is 1.25 bits per heavy atom. The molecule has 0 saturated heterocycles. The molecule has 20 heavy (non-hydrogen) atoms. The largest absolute Gasteiger partial charge is 0.464 e. The van der Waals surface area contributed by atoms with E-state index in [1.54, 1.807) is 11.8 Å². The van der Waals surface area contributed by atoms with Crippen molar-refractivity contribution in [2.75, 3.05) is 34.0 Å². The summed E-state index contributed by atoms with van der Waals surface area (Å²) in [6.07, 6.45) is 0.799. The maximum atomic E-state index is 11.6. The Morgan fingerprint density at radius 2 is 2.00 bits per heavy atom. The lowest BCUT2D eigenvalue weighted by atomic mass is 10.1. The van der Waals surface area contributed by atoms with Crippen molar-refractivity contribution in [1.82, 2.24) is 15.0 Å². The molecular formula is C13H23N3O4. The lowest BCUT2D eigenvalue weighted by Crippen LogP contribution is -2.13. The minimum absolute atomic E-state index is 0.147. The van der Waals surface area contributed by atoms with Crippen molar-refractivity contribution in [3.8, 4) is 0 Å². The van der Waals surface area contributed by atoms with Gasteiger partial charge in [0.1, 0.15) is 0 Å². The summed E-state index contributed by atoms with van der Waals surface area (Å²) >= 11 is 0. The third-order valence-electron chi connectivity index (χ3n) is 2.79. The van der Waals surface area contributed by atoms with Gasteiger partial charge in [-0.2, -0.15) is 0 Å². The zero-order valence-corrected chi connectivity index (χ0v) is 12.6. The molecule has 0 aliphatic carbocycles. The van der Waals surface area contributed by atoms with Crippen LogP contribution in [0, 0.1) is 0 Å². The molecule has 7 heteroatoms. The molecule has 1 heterocycles. The third kappa shape index (κ3) is 4.57. The Labute approximate surface area is 119 Å². The monoisotopic (exact) mass is 285 g/mol. The van der Waals surface area contributed by atoms with Crippen LogP contribution in [0.25, 0.3) is 0 Å². The maximum Gasteiger partial charge on any atom is 0.360 e. The van der Waals surface area contributed by atoms with Gasteiger partial charge in [-0.15, -0.1) is 5.10 Å². The van der Waals surface area contributed by atoms with Gasteiger partial charge in [-0.3, -0.25) is 0 Å². The zero-order valence-electron chi connectivity index (χ0n) is 12.6. The standard InChI is InChI=1S/C13H23N3O4/c1-10(2)12-11(13(17)19-4)14-15-16(12)6-5-7-20-9-8-18-3/h10H,5-9H2,1-4H3. The van der Waals surface area contributed by atoms with Gasteiger partial charge in [-0.25, -0.2) is 9.48 Å². The number of aryl methyl sites for hydroxylation is 1. The van der Waals surface area contributed by atoms with Crippen LogP contribution in [0.2, 0.25) is 0 Å². The van der Waals surface area contributed by atoms with Crippen LogP contribution in [0.4, 0.5) is 0 Å². The van der Waals surface area contributed by atoms with E-state index < -0.39 is 5.97 Å². The molecule has 1 rings (SSSR count). The van der Waals surface area contributed by atoms with Gasteiger partial charge in [-0.1, -0.05) is 19.1 Å². The Hall–Kier alpha value is -1.47. The predicted octanol–water partition coefficient (Wildman–Crippen LogP) is 1.24. The SMILES string of the molecule is COCCOCCCn1nnc(C(=O)OC)c1C(C)C. The van der Waals surface area contributed by atoms with Crippen molar-refractivity contribution in [3.63, 3.8) is 0 Å². The number of ether oxygens (including phenoxy) is 3. The first kappa shape index (κ1) is 16.6. The van der Waals surface area contributed by atoms with E-state index in [1.807, 2.05) is 13.8 Å². The number of hydrogen-bond donors (Lipinski definition) is 0. The number of nitrogens with zero attached hydrogens (tertiary/aromatic N) is 3. The van der Waals surface area contributed by atoms with E-state index in [1.165, 1.54) is 7.11 Å². The molecule has 0 saturated carbocycles. The lowest BCUT2D eigenvalue weighted by Gasteiger charge is -2.10. The van der Waals surface area contributed by atoms with Gasteiger partial charge >= 0.3 is 5.97 Å². The quantitative estimate of drug-likeness (QED) is 0.502. The molecule has 1 aromatic rings. The first-order valence-corrected chi connectivity index (χ1v) is 6.70. The summed E-state index contributed by atoms with van der Waals surface area (Å²) < 4.78 is 16.8. The molecule has 0 fully saturated rings. The van der Waals surface area contributed by atoms with Crippen LogP contribution >= 0.6 is 0 Å². The second kappa shape index (κ2) is 8.65. The Balaban J connectivity index is 2.57. The Bertz CT molecular complexity index is 418. The highest BCUT2D eigenvalue weighted by atomic mass is 16.5. The number of aromatic nitrogens is 3. The highest BCUT2D eigenvalue weighted by Crippen LogP contribution is 2.18. The van der Waals surface area contributed by atoms with Crippen LogP contribution in [0.3, 0.4) is 0 Å². The molecule has 1 aromatic heterocycles. The van der Waals surface area contributed by atoms with Crippen LogP contribution in [-0.2, 0) is 20.8 Å². The van der Waals surface area contributed by atoms with Crippen molar-refractivity contribution in [2.45, 2.75) is 32.7 Å². The summed E-state index contributed by atoms with van der Waals surface area (Å²) in [5.41, 5.74) is 1.09. The predicted molar refractivity (Wildman–Crippen MR) is 72.8 cm³/mol. The number of carbonyl (C=O) groups is 1. The molecule has 0 aliphatic heterocycles. The Morgan fingerprint density at radius 3 is 2.60 bits per heavy atom. The normalized spacial score (nSPS) is 11.1. The second-order valence-electron chi connectivity index (χ2n) is 4.65. The first-order chi connectivity index (χ1) is 9.61. The summed E-state index contributed by atoms with van der Waals surface area (Å²) in [5, 5.41) is 7.94. The molecule has 0 unspecified atom stereocenters. The van der Waals surface area contributed by atoms with Gasteiger partial charge in [0.25, 0.3) is 0 Å². The summed E-state index contributed by atoms with van der Waals surface area (Å²) in [6, 6.07) is 0. The fourth-order valence-corrected chi connectivity index (χ4v) is 1.86. The van der Waals surface area contributed by atoms with Crippen LogP contribution in [-0.4, -0.2) is 55.0 Å². The van der Waals surface area contributed by atoms with Gasteiger partial charge in [0.2, 0.25) is 0 Å². The molecular weight excluding hydrogens is 262 g/mol. The molecule has 0 radical (unpaired) electrons. The molecule has 0 aliphatic rings. The third-order valence-corrected chi connectivity index (χ3v) is 2.79. The number of rotatable bonds is 9. The van der Waals surface area contributed by atoms with Gasteiger partial charge in [0.05, 0.1) is 26.0 Å². The number of methoxy groups -OCH3 is 2. The molecule has 114 valence electrons. The van der Waals surface area contributed by atoms with E-state index >= 15 is 0 Å². The average molecular weight is 285 g/mol. The smallest absolute Gasteiger partial charge is 0.360 e. The van der Waals surface area contributed by atoms with E-state index in [0.717, 1.165) is 12.1 Å². The average Bonchev–Trinajstić information content (AvgIpc) is 2.85. The summed E-state index contributed by atoms with van der Waals surface area (Å²) in [7, 11) is 2.98. The van der Waals surface area contributed by atoms with E-state index in [4.69, 9.17) is 14.2 Å². The first-order valence-electron chi connectivity index (χ1n) is 6.70. The molecule has 0 spiro atoms. The van der Waals surface area contributed by atoms with Gasteiger partial charge in [0, 0.05) is 20.3 Å². The van der Waals surface area contributed by atoms with Gasteiger partial charge in [0.15, 0.2) is 5.69 Å². The minimum atomic E-state index is -0.448. The van der Waals surface area contributed by atoms with Crippen LogP contribution in [0.5, 0.6) is 0 Å². The maximum absolute atomic E-state index is 11.6. The Kier molecular flexibility index (Phi) is 7.17. The number of esters is 1. The van der Waals surface area contributed by atoms with Gasteiger partial charge < -0.3 is 14.2 Å². The van der Waals surface area contributed by atoms with E-state index in [-0.39, 0.29) is 5.92 Å². The number of hydrogen-bond acceptors (Lipinski definition) is 6. The highest BCUT2D eigenvalue weighted by molar-refractivity contribution is 5.88. The van der Waals surface area contributed by atoms with E-state index in [9.17, 15) is 4.79 Å². The summed E-state index contributed by atoms with van der Waals surface area (Å²) in [4.78, 5) is 11.6. The van der Waals surface area contributed by atoms with Crippen molar-refractivity contribution < 1.29 is 19.0 Å². The second-order valence-corrected chi connectivity index (χ2v) is 4.65. The molecule has 0 atom stereocenters. The number of carbonyl (C=O) groups excluding carboxylic acids is 1. The highest BCUT2D eigenvalue weighted by Gasteiger charge is 2.22. The topological polar surface area (TPSA) is 75.5 Å². The summed E-state index contributed by atoms with van der Waals surface area (Å²) in [6.45, 7) is 6.44. The molecule has 0 amide bonds. The van der Waals surface area contributed by atoms with Crippen LogP contribution < -0.4 is 0 Å². The van der Waals surface area contributed by atoms with Crippen LogP contribution in [0.15, 0.2) is 0 Å². The molecule has 0 bridgehead atoms.